The lowest BCUT2D eigenvalue weighted by Crippen LogP contribution is -2.07. The molecule has 0 atom stereocenters. The average Bonchev–Trinajstić information content (AvgIpc) is 2.69. The van der Waals surface area contributed by atoms with Crippen LogP contribution in [0.5, 0.6) is 0 Å². The van der Waals surface area contributed by atoms with Gasteiger partial charge in [-0.25, -0.2) is 0 Å². The number of benzene rings is 1. The van der Waals surface area contributed by atoms with E-state index in [2.05, 4.69) is 54.8 Å². The molecule has 1 aromatic carbocycles. The third-order valence-electron chi connectivity index (χ3n) is 3.07. The summed E-state index contributed by atoms with van der Waals surface area (Å²) >= 11 is 0. The van der Waals surface area contributed by atoms with Crippen LogP contribution >= 0.6 is 0 Å². The van der Waals surface area contributed by atoms with E-state index in [1.54, 1.807) is 7.11 Å². The maximum atomic E-state index is 5.16. The van der Waals surface area contributed by atoms with Gasteiger partial charge in [-0.1, -0.05) is 29.8 Å². The summed E-state index contributed by atoms with van der Waals surface area (Å²) in [6.45, 7) is 5.89. The van der Waals surface area contributed by atoms with Gasteiger partial charge in [0.05, 0.1) is 6.61 Å². The van der Waals surface area contributed by atoms with Crippen LogP contribution in [-0.2, 0) is 11.3 Å². The lowest BCUT2D eigenvalue weighted by molar-refractivity contribution is 0.187. The molecular formula is C15H19NO. The maximum absolute atomic E-state index is 5.16. The molecule has 0 saturated carbocycles. The third kappa shape index (κ3) is 2.59. The fraction of sp³-hybridized carbons (Fsp3) is 0.333. The molecule has 1 heterocycles. The summed E-state index contributed by atoms with van der Waals surface area (Å²) in [6.07, 6.45) is 0. The Labute approximate surface area is 103 Å². The van der Waals surface area contributed by atoms with Gasteiger partial charge in [0.2, 0.25) is 0 Å². The SMILES string of the molecule is COCCn1c(C)ccc1-c1ccc(C)cc1. The predicted molar refractivity (Wildman–Crippen MR) is 71.2 cm³/mol. The van der Waals surface area contributed by atoms with Crippen molar-refractivity contribution in [1.29, 1.82) is 0 Å². The summed E-state index contributed by atoms with van der Waals surface area (Å²) in [4.78, 5) is 0. The molecule has 0 unspecified atom stereocenters. The number of hydrogen-bond donors (Lipinski definition) is 0. The summed E-state index contributed by atoms with van der Waals surface area (Å²) < 4.78 is 7.46. The second kappa shape index (κ2) is 5.19. The van der Waals surface area contributed by atoms with Gasteiger partial charge in [0, 0.05) is 25.0 Å². The van der Waals surface area contributed by atoms with Crippen molar-refractivity contribution in [2.24, 2.45) is 0 Å². The van der Waals surface area contributed by atoms with E-state index in [1.165, 1.54) is 22.5 Å². The minimum Gasteiger partial charge on any atom is -0.383 e. The Morgan fingerprint density at radius 3 is 2.35 bits per heavy atom. The standard InChI is InChI=1S/C15H19NO/c1-12-4-7-14(8-5-12)15-9-6-13(2)16(15)10-11-17-3/h4-9H,10-11H2,1-3H3. The zero-order chi connectivity index (χ0) is 12.3. The van der Waals surface area contributed by atoms with Gasteiger partial charge in [0.15, 0.2) is 0 Å². The predicted octanol–water partition coefficient (Wildman–Crippen LogP) is 3.42. The van der Waals surface area contributed by atoms with Gasteiger partial charge in [-0.05, 0) is 31.5 Å². The molecule has 0 aliphatic carbocycles. The van der Waals surface area contributed by atoms with Gasteiger partial charge in [0.1, 0.15) is 0 Å². The van der Waals surface area contributed by atoms with Crippen molar-refractivity contribution < 1.29 is 4.74 Å². The molecule has 0 radical (unpaired) electrons. The first-order valence-electron chi connectivity index (χ1n) is 5.94. The third-order valence-corrected chi connectivity index (χ3v) is 3.07. The number of hydrogen-bond acceptors (Lipinski definition) is 1. The van der Waals surface area contributed by atoms with E-state index in [0.29, 0.717) is 0 Å². The number of nitrogens with zero attached hydrogens (tertiary/aromatic N) is 1. The molecule has 2 heteroatoms. The lowest BCUT2D eigenvalue weighted by Gasteiger charge is -2.11. The summed E-state index contributed by atoms with van der Waals surface area (Å²) in [5.74, 6) is 0. The molecule has 2 rings (SSSR count). The molecule has 0 aliphatic heterocycles. The van der Waals surface area contributed by atoms with E-state index in [0.717, 1.165) is 13.2 Å². The Morgan fingerprint density at radius 2 is 1.71 bits per heavy atom. The highest BCUT2D eigenvalue weighted by Gasteiger charge is 2.06. The Balaban J connectivity index is 2.34. The summed E-state index contributed by atoms with van der Waals surface area (Å²) in [7, 11) is 1.74. The van der Waals surface area contributed by atoms with E-state index >= 15 is 0 Å². The second-order valence-electron chi connectivity index (χ2n) is 4.37. The molecule has 0 N–H and O–H groups in total. The van der Waals surface area contributed by atoms with Crippen molar-refractivity contribution in [3.63, 3.8) is 0 Å². The molecule has 2 nitrogen and oxygen atoms in total. The highest BCUT2D eigenvalue weighted by atomic mass is 16.5. The number of rotatable bonds is 4. The first-order valence-corrected chi connectivity index (χ1v) is 5.94. The zero-order valence-corrected chi connectivity index (χ0v) is 10.7. The molecule has 90 valence electrons. The fourth-order valence-electron chi connectivity index (χ4n) is 2.03. The van der Waals surface area contributed by atoms with Gasteiger partial charge in [0.25, 0.3) is 0 Å². The number of ether oxygens (including phenoxy) is 1. The Kier molecular flexibility index (Phi) is 3.64. The number of aryl methyl sites for hydroxylation is 2. The number of aromatic nitrogens is 1. The monoisotopic (exact) mass is 229 g/mol. The van der Waals surface area contributed by atoms with Gasteiger partial charge < -0.3 is 9.30 Å². The molecule has 17 heavy (non-hydrogen) atoms. The van der Waals surface area contributed by atoms with Crippen LogP contribution in [0.25, 0.3) is 11.3 Å². The van der Waals surface area contributed by atoms with Crippen LogP contribution in [0.1, 0.15) is 11.3 Å². The first-order chi connectivity index (χ1) is 8.22. The Bertz CT molecular complexity index is 482. The number of methoxy groups -OCH3 is 1. The largest absolute Gasteiger partial charge is 0.383 e. The maximum Gasteiger partial charge on any atom is 0.0642 e. The van der Waals surface area contributed by atoms with Gasteiger partial charge in [-0.3, -0.25) is 0 Å². The molecule has 0 spiro atoms. The van der Waals surface area contributed by atoms with Crippen LogP contribution in [0.15, 0.2) is 36.4 Å². The molecule has 0 aliphatic rings. The Hall–Kier alpha value is -1.54. The molecular weight excluding hydrogens is 210 g/mol. The van der Waals surface area contributed by atoms with Crippen LogP contribution in [-0.4, -0.2) is 18.3 Å². The normalized spacial score (nSPS) is 10.8. The van der Waals surface area contributed by atoms with Crippen molar-refractivity contribution in [3.8, 4) is 11.3 Å². The van der Waals surface area contributed by atoms with Crippen LogP contribution in [0.2, 0.25) is 0 Å². The quantitative estimate of drug-likeness (QED) is 0.783. The van der Waals surface area contributed by atoms with Crippen molar-refractivity contribution in [2.75, 3.05) is 13.7 Å². The highest BCUT2D eigenvalue weighted by molar-refractivity contribution is 5.61. The summed E-state index contributed by atoms with van der Waals surface area (Å²) in [5.41, 5.74) is 5.09. The zero-order valence-electron chi connectivity index (χ0n) is 10.7. The van der Waals surface area contributed by atoms with Gasteiger partial charge in [-0.2, -0.15) is 0 Å². The molecule has 0 amide bonds. The lowest BCUT2D eigenvalue weighted by atomic mass is 10.1. The minimum atomic E-state index is 0.744. The summed E-state index contributed by atoms with van der Waals surface area (Å²) in [6, 6.07) is 13.0. The van der Waals surface area contributed by atoms with Crippen molar-refractivity contribution >= 4 is 0 Å². The van der Waals surface area contributed by atoms with Gasteiger partial charge in [-0.15, -0.1) is 0 Å². The van der Waals surface area contributed by atoms with Crippen LogP contribution in [0.3, 0.4) is 0 Å². The highest BCUT2D eigenvalue weighted by Crippen LogP contribution is 2.22. The topological polar surface area (TPSA) is 14.2 Å². The van der Waals surface area contributed by atoms with E-state index in [4.69, 9.17) is 4.74 Å². The fourth-order valence-corrected chi connectivity index (χ4v) is 2.03. The molecule has 0 bridgehead atoms. The molecule has 1 aromatic heterocycles. The van der Waals surface area contributed by atoms with Crippen LogP contribution < -0.4 is 0 Å². The van der Waals surface area contributed by atoms with Crippen LogP contribution in [0, 0.1) is 13.8 Å². The molecule has 2 aromatic rings. The van der Waals surface area contributed by atoms with E-state index in [-0.39, 0.29) is 0 Å². The smallest absolute Gasteiger partial charge is 0.0642 e. The average molecular weight is 229 g/mol. The van der Waals surface area contributed by atoms with Crippen molar-refractivity contribution in [1.82, 2.24) is 4.57 Å². The van der Waals surface area contributed by atoms with Crippen molar-refractivity contribution in [3.05, 3.63) is 47.7 Å². The Morgan fingerprint density at radius 1 is 1.00 bits per heavy atom. The molecule has 0 saturated heterocycles. The van der Waals surface area contributed by atoms with E-state index in [1.807, 2.05) is 0 Å². The van der Waals surface area contributed by atoms with Crippen molar-refractivity contribution in [2.45, 2.75) is 20.4 Å². The van der Waals surface area contributed by atoms with Gasteiger partial charge >= 0.3 is 0 Å². The van der Waals surface area contributed by atoms with Crippen LogP contribution in [0.4, 0.5) is 0 Å². The van der Waals surface area contributed by atoms with E-state index in [9.17, 15) is 0 Å². The summed E-state index contributed by atoms with van der Waals surface area (Å²) in [5, 5.41) is 0. The van der Waals surface area contributed by atoms with E-state index < -0.39 is 0 Å². The molecule has 0 fully saturated rings. The minimum absolute atomic E-state index is 0.744. The second-order valence-corrected chi connectivity index (χ2v) is 4.37. The first kappa shape index (κ1) is 11.9.